The highest BCUT2D eigenvalue weighted by atomic mass is 35.5. The van der Waals surface area contributed by atoms with Crippen LogP contribution >= 0.6 is 34.8 Å². The van der Waals surface area contributed by atoms with E-state index in [0.29, 0.717) is 113 Å². The predicted octanol–water partition coefficient (Wildman–Crippen LogP) is 15.7. The first-order chi connectivity index (χ1) is 34.8. The Bertz CT molecular complexity index is 1870. The number of fused-ring (bicyclic) bond motifs is 3. The fourth-order valence-corrected chi connectivity index (χ4v) is 10.3. The Labute approximate surface area is 445 Å². The van der Waals surface area contributed by atoms with E-state index in [2.05, 4.69) is 20.8 Å². The van der Waals surface area contributed by atoms with Gasteiger partial charge in [0, 0.05) is 73.0 Å². The third-order valence-electron chi connectivity index (χ3n) is 13.7. The number of ether oxygens (including phenoxy) is 3. The molecule has 0 N–H and O–H groups in total. The monoisotopic (exact) mass is 1050 g/mol. The van der Waals surface area contributed by atoms with Crippen LogP contribution in [0.15, 0.2) is 105 Å². The highest BCUT2D eigenvalue weighted by molar-refractivity contribution is 6.47. The number of carbonyl (C=O) groups excluding carboxylic acids is 6. The van der Waals surface area contributed by atoms with Crippen LogP contribution in [0.1, 0.15) is 194 Å². The maximum Gasteiger partial charge on any atom is 0.306 e. The maximum absolute atomic E-state index is 13.2. The summed E-state index contributed by atoms with van der Waals surface area (Å²) in [5, 5.41) is 0.579. The van der Waals surface area contributed by atoms with Gasteiger partial charge in [-0.25, -0.2) is 0 Å². The van der Waals surface area contributed by atoms with E-state index in [0.717, 1.165) is 57.8 Å². The molecule has 0 saturated carbocycles. The number of carbonyl (C=O) groups is 6. The first kappa shape index (κ1) is 60.5. The van der Waals surface area contributed by atoms with Crippen molar-refractivity contribution >= 4 is 70.1 Å². The Hall–Kier alpha value is -4.05. The molecule has 0 aromatic heterocycles. The van der Waals surface area contributed by atoms with Crippen molar-refractivity contribution in [1.29, 1.82) is 0 Å². The largest absolute Gasteiger partial charge is 0.462 e. The second-order valence-electron chi connectivity index (χ2n) is 19.7. The SMILES string of the molecule is CCCCC[C@H]1CC=C2C(=O)C(Cl)=C[C@@H]2CC=CCCCC(=O)O[C@@H](CCCCC)CC=C2C(=O)C(Cl)=C[C@@H]2CC=CCCCC(=O)O[C@@H](CCCCC)CC=C2C(=O)C(Cl)=C[C@@H]2CC=CCCCC(=O)O1. The van der Waals surface area contributed by atoms with Crippen LogP contribution in [0.25, 0.3) is 0 Å². The van der Waals surface area contributed by atoms with Crippen molar-refractivity contribution < 1.29 is 43.0 Å². The van der Waals surface area contributed by atoms with Gasteiger partial charge in [0.1, 0.15) is 18.3 Å². The number of allylic oxidation sites excluding steroid dienone is 15. The summed E-state index contributed by atoms with van der Waals surface area (Å²) in [6.07, 6.45) is 40.5. The summed E-state index contributed by atoms with van der Waals surface area (Å²) in [5.41, 5.74) is 1.83. The quantitative estimate of drug-likeness (QED) is 0.0811. The average Bonchev–Trinajstić information content (AvgIpc) is 3.90. The summed E-state index contributed by atoms with van der Waals surface area (Å²) in [7, 11) is 0. The third-order valence-corrected chi connectivity index (χ3v) is 14.6. The van der Waals surface area contributed by atoms with Gasteiger partial charge in [-0.05, 0) is 96.3 Å². The number of esters is 3. The number of cyclic esters (lactones) is 3. The molecular weight excluding hydrogens is 971 g/mol. The van der Waals surface area contributed by atoms with Crippen molar-refractivity contribution in [3.63, 3.8) is 0 Å². The normalized spacial score (nSPS) is 25.8. The van der Waals surface area contributed by atoms with Gasteiger partial charge in [-0.2, -0.15) is 0 Å². The molecule has 3 aliphatic carbocycles. The molecule has 1 heterocycles. The molecule has 0 aromatic rings. The highest BCUT2D eigenvalue weighted by Gasteiger charge is 2.31. The summed E-state index contributed by atoms with van der Waals surface area (Å²) in [6, 6.07) is 0. The summed E-state index contributed by atoms with van der Waals surface area (Å²) in [5.74, 6) is -2.02. The second-order valence-corrected chi connectivity index (χ2v) is 20.9. The number of Topliss-reactive ketones (excluding diaryl/α,β-unsaturated/α-hetero) is 3. The van der Waals surface area contributed by atoms with Crippen molar-refractivity contribution in [2.24, 2.45) is 17.8 Å². The lowest BCUT2D eigenvalue weighted by molar-refractivity contribution is -0.150. The minimum atomic E-state index is -0.361. The summed E-state index contributed by atoms with van der Waals surface area (Å²) in [6.45, 7) is 6.38. The van der Waals surface area contributed by atoms with Crippen LogP contribution in [-0.4, -0.2) is 53.6 Å². The van der Waals surface area contributed by atoms with Gasteiger partial charge in [0.25, 0.3) is 0 Å². The van der Waals surface area contributed by atoms with Crippen LogP contribution < -0.4 is 0 Å². The van der Waals surface area contributed by atoms with Gasteiger partial charge in [0.05, 0.1) is 15.1 Å². The summed E-state index contributed by atoms with van der Waals surface area (Å²) in [4.78, 5) is 78.9. The van der Waals surface area contributed by atoms with Gasteiger partial charge < -0.3 is 14.2 Å². The maximum atomic E-state index is 13.2. The number of halogens is 3. The van der Waals surface area contributed by atoms with Crippen molar-refractivity contribution in [2.75, 3.05) is 0 Å². The third kappa shape index (κ3) is 21.8. The average molecular weight is 1050 g/mol. The predicted molar refractivity (Wildman–Crippen MR) is 290 cm³/mol. The molecule has 0 aromatic carbocycles. The van der Waals surface area contributed by atoms with Gasteiger partial charge in [-0.3, -0.25) is 28.8 Å². The second kappa shape index (κ2) is 34.4. The zero-order valence-electron chi connectivity index (χ0n) is 43.3. The lowest BCUT2D eigenvalue weighted by Gasteiger charge is -2.18. The smallest absolute Gasteiger partial charge is 0.306 e. The number of hydrogen-bond donors (Lipinski definition) is 0. The van der Waals surface area contributed by atoms with Crippen molar-refractivity contribution in [2.45, 2.75) is 212 Å². The molecule has 4 rings (SSSR count). The van der Waals surface area contributed by atoms with E-state index in [1.807, 2.05) is 54.7 Å². The molecular formula is C60H81Cl3O9. The molecule has 0 spiro atoms. The molecule has 0 unspecified atom stereocenters. The van der Waals surface area contributed by atoms with E-state index in [9.17, 15) is 28.8 Å². The van der Waals surface area contributed by atoms with Crippen molar-refractivity contribution in [3.8, 4) is 0 Å². The Morgan fingerprint density at radius 1 is 0.403 bits per heavy atom. The highest BCUT2D eigenvalue weighted by Crippen LogP contribution is 2.35. The number of hydrogen-bond acceptors (Lipinski definition) is 9. The van der Waals surface area contributed by atoms with E-state index in [-0.39, 0.29) is 106 Å². The number of unbranched alkanes of at least 4 members (excludes halogenated alkanes) is 6. The van der Waals surface area contributed by atoms with Gasteiger partial charge in [0.15, 0.2) is 17.3 Å². The van der Waals surface area contributed by atoms with E-state index in [4.69, 9.17) is 49.0 Å². The van der Waals surface area contributed by atoms with E-state index in [1.165, 1.54) is 0 Å². The minimum Gasteiger partial charge on any atom is -0.462 e. The van der Waals surface area contributed by atoms with Crippen LogP contribution in [0.5, 0.6) is 0 Å². The zero-order chi connectivity index (χ0) is 52.1. The molecule has 9 nitrogen and oxygen atoms in total. The molecule has 12 heteroatoms. The lowest BCUT2D eigenvalue weighted by atomic mass is 9.95. The van der Waals surface area contributed by atoms with Gasteiger partial charge in [-0.1, -0.05) is 167 Å². The number of ketones is 3. The first-order valence-corrected chi connectivity index (χ1v) is 28.4. The van der Waals surface area contributed by atoms with Crippen LogP contribution in [0.4, 0.5) is 0 Å². The molecule has 0 fully saturated rings. The Morgan fingerprint density at radius 3 is 0.944 bits per heavy atom. The molecule has 4 aliphatic rings. The summed E-state index contributed by atoms with van der Waals surface area (Å²) < 4.78 is 18.0. The molecule has 6 atom stereocenters. The lowest BCUT2D eigenvalue weighted by Crippen LogP contribution is -2.18. The van der Waals surface area contributed by atoms with Crippen LogP contribution in [0.2, 0.25) is 0 Å². The molecule has 0 bridgehead atoms. The van der Waals surface area contributed by atoms with Crippen LogP contribution in [-0.2, 0) is 43.0 Å². The van der Waals surface area contributed by atoms with Crippen LogP contribution in [0, 0.1) is 17.8 Å². The standard InChI is InChI=1S/C60H81Cl3O9/c1-4-7-16-28-46-34-37-49-43(40-52(61)58(49)67)25-19-11-14-23-32-56(65)71-48(30-18-9-6-3)36-39-51-45(42-54(63)60(51)69)27-21-12-15-24-33-57(66)72-47(29-17-8-5-2)35-38-50-44(41-53(62)59(50)68)26-20-10-13-22-31-55(64)70-46/h10-12,19-21,37-48H,4-9,13-18,22-36H2,1-3H3/t43-,44-,45-,46-,47-,48-/m0/s1. The molecule has 396 valence electrons. The van der Waals surface area contributed by atoms with Gasteiger partial charge in [-0.15, -0.1) is 0 Å². The Kier molecular flexibility index (Phi) is 28.9. The Morgan fingerprint density at radius 2 is 0.681 bits per heavy atom. The van der Waals surface area contributed by atoms with Gasteiger partial charge >= 0.3 is 17.9 Å². The van der Waals surface area contributed by atoms with Crippen LogP contribution in [0.3, 0.4) is 0 Å². The van der Waals surface area contributed by atoms with E-state index in [1.54, 1.807) is 18.2 Å². The van der Waals surface area contributed by atoms with Crippen molar-refractivity contribution in [3.05, 3.63) is 105 Å². The fourth-order valence-electron chi connectivity index (χ4n) is 9.49. The summed E-state index contributed by atoms with van der Waals surface area (Å²) >= 11 is 19.1. The number of rotatable bonds is 12. The van der Waals surface area contributed by atoms with E-state index >= 15 is 0 Å². The molecule has 1 aliphatic heterocycles. The Balaban J connectivity index is 1.50. The molecule has 0 amide bonds. The fraction of sp³-hybridized carbons (Fsp3) is 0.600. The zero-order valence-corrected chi connectivity index (χ0v) is 45.6. The molecule has 0 saturated heterocycles. The van der Waals surface area contributed by atoms with Crippen molar-refractivity contribution in [1.82, 2.24) is 0 Å². The van der Waals surface area contributed by atoms with E-state index < -0.39 is 0 Å². The minimum absolute atomic E-state index is 0.193. The van der Waals surface area contributed by atoms with Gasteiger partial charge in [0.2, 0.25) is 0 Å². The molecule has 72 heavy (non-hydrogen) atoms. The molecule has 0 radical (unpaired) electrons. The topological polar surface area (TPSA) is 130 Å². The first-order valence-electron chi connectivity index (χ1n) is 27.2.